The fourth-order valence-electron chi connectivity index (χ4n) is 7.13. The van der Waals surface area contributed by atoms with Gasteiger partial charge in [-0.25, -0.2) is 13.8 Å². The number of hydrogen-bond donors (Lipinski definition) is 3. The SMILES string of the molecule is C=C(O/C(=N\C)NCC)c1ccc(C2=CCN(C(=O)CN3CC[C@@](CCC)(C(=O)Nc4ccc5[nH]nc(-c6ccc(F)cc6)c5c4)C3)CC2)c(F)c1. The number of halogens is 2. The number of nitrogens with zero attached hydrogens (tertiary/aromatic N) is 4. The first kappa shape index (κ1) is 36.4. The Labute approximate surface area is 302 Å². The molecule has 6 rings (SSSR count). The lowest BCUT2D eigenvalue weighted by molar-refractivity contribution is -0.132. The lowest BCUT2D eigenvalue weighted by Crippen LogP contribution is -2.43. The van der Waals surface area contributed by atoms with Gasteiger partial charge in [0.2, 0.25) is 11.8 Å². The van der Waals surface area contributed by atoms with Crippen molar-refractivity contribution >= 4 is 45.8 Å². The number of nitrogens with one attached hydrogen (secondary N) is 3. The molecule has 0 spiro atoms. The summed E-state index contributed by atoms with van der Waals surface area (Å²) in [4.78, 5) is 35.2. The third kappa shape index (κ3) is 7.91. The topological polar surface area (TPSA) is 115 Å². The van der Waals surface area contributed by atoms with Crippen LogP contribution in [0.4, 0.5) is 14.5 Å². The van der Waals surface area contributed by atoms with Crippen molar-refractivity contribution in [2.45, 2.75) is 39.5 Å². The quantitative estimate of drug-likeness (QED) is 0.0894. The van der Waals surface area contributed by atoms with E-state index < -0.39 is 5.41 Å². The van der Waals surface area contributed by atoms with Gasteiger partial charge in [0.25, 0.3) is 6.02 Å². The molecule has 2 amide bonds. The van der Waals surface area contributed by atoms with Gasteiger partial charge in [0.1, 0.15) is 17.4 Å². The van der Waals surface area contributed by atoms with E-state index in [1.54, 1.807) is 36.2 Å². The van der Waals surface area contributed by atoms with Gasteiger partial charge in [-0.15, -0.1) is 0 Å². The van der Waals surface area contributed by atoms with Crippen LogP contribution in [0.25, 0.3) is 33.5 Å². The monoisotopic (exact) mass is 709 g/mol. The average Bonchev–Trinajstić information content (AvgIpc) is 3.76. The molecule has 0 unspecified atom stereocenters. The maximum absolute atomic E-state index is 15.3. The summed E-state index contributed by atoms with van der Waals surface area (Å²) in [5, 5.41) is 14.4. The van der Waals surface area contributed by atoms with Crippen molar-refractivity contribution in [2.75, 3.05) is 51.6 Å². The summed E-state index contributed by atoms with van der Waals surface area (Å²) in [6.45, 7) is 10.7. The number of aromatic nitrogens is 2. The Morgan fingerprint density at radius 2 is 1.88 bits per heavy atom. The van der Waals surface area contributed by atoms with Crippen LogP contribution in [0, 0.1) is 17.0 Å². The molecule has 3 N–H and O–H groups in total. The summed E-state index contributed by atoms with van der Waals surface area (Å²) in [6.07, 6.45) is 4.61. The highest BCUT2D eigenvalue weighted by molar-refractivity contribution is 6.00. The molecule has 3 aromatic carbocycles. The average molecular weight is 710 g/mol. The molecule has 1 aromatic heterocycles. The molecule has 12 heteroatoms. The Hall–Kier alpha value is -5.36. The fraction of sp³-hybridized carbons (Fsp3) is 0.350. The Kier molecular flexibility index (Phi) is 11.1. The predicted octanol–water partition coefficient (Wildman–Crippen LogP) is 6.84. The molecule has 1 atom stereocenters. The molecule has 0 aliphatic carbocycles. The Morgan fingerprint density at radius 3 is 2.58 bits per heavy atom. The van der Waals surface area contributed by atoms with E-state index in [2.05, 4.69) is 44.2 Å². The number of anilines is 1. The number of carbonyl (C=O) groups is 2. The summed E-state index contributed by atoms with van der Waals surface area (Å²) in [7, 11) is 1.60. The number of amidine groups is 1. The highest BCUT2D eigenvalue weighted by atomic mass is 19.1. The second kappa shape index (κ2) is 15.9. The van der Waals surface area contributed by atoms with Crippen molar-refractivity contribution in [3.8, 4) is 11.3 Å². The molecule has 1 fully saturated rings. The molecule has 10 nitrogen and oxygen atoms in total. The third-order valence-electron chi connectivity index (χ3n) is 9.89. The van der Waals surface area contributed by atoms with Gasteiger partial charge in [0.15, 0.2) is 0 Å². The number of likely N-dealkylation sites (tertiary alicyclic amines) is 1. The number of H-pyrrole nitrogens is 1. The maximum Gasteiger partial charge on any atom is 0.289 e. The molecule has 1 saturated heterocycles. The second-order valence-corrected chi connectivity index (χ2v) is 13.4. The van der Waals surface area contributed by atoms with Crippen molar-refractivity contribution in [3.63, 3.8) is 0 Å². The van der Waals surface area contributed by atoms with Crippen molar-refractivity contribution in [2.24, 2.45) is 10.4 Å². The first-order valence-electron chi connectivity index (χ1n) is 17.8. The number of aliphatic imine (C=N–C) groups is 1. The zero-order valence-electron chi connectivity index (χ0n) is 29.9. The minimum atomic E-state index is -0.632. The summed E-state index contributed by atoms with van der Waals surface area (Å²) in [6, 6.07) is 17.0. The van der Waals surface area contributed by atoms with Crippen LogP contribution in [0.1, 0.15) is 50.7 Å². The number of benzene rings is 3. The van der Waals surface area contributed by atoms with Crippen molar-refractivity contribution in [1.29, 1.82) is 0 Å². The van der Waals surface area contributed by atoms with E-state index in [0.29, 0.717) is 80.5 Å². The standard InChI is InChI=1S/C40H45F2N7O3/c1-5-17-40(38(51)45-31-12-14-35-33(23-31)37(47-46-35)28-7-10-30(41)11-8-28)18-21-48(25-40)24-36(50)49-19-15-27(16-20-49)32-13-9-29(22-34(32)42)26(3)52-39(43-4)44-6-2/h7-15,22-23H,3,5-6,16-21,24-25H2,1-2,4H3,(H,43,44)(H,45,51)(H,46,47)/t40-/m1/s1. The Balaban J connectivity index is 1.06. The minimum absolute atomic E-state index is 0.0138. The lowest BCUT2D eigenvalue weighted by Gasteiger charge is -2.30. The molecular weight excluding hydrogens is 664 g/mol. The van der Waals surface area contributed by atoms with Crippen LogP contribution in [-0.4, -0.2) is 84.1 Å². The van der Waals surface area contributed by atoms with Crippen LogP contribution in [-0.2, 0) is 14.3 Å². The predicted molar refractivity (Wildman–Crippen MR) is 201 cm³/mol. The smallest absolute Gasteiger partial charge is 0.289 e. The van der Waals surface area contributed by atoms with Crippen LogP contribution < -0.4 is 10.6 Å². The molecule has 0 bridgehead atoms. The van der Waals surface area contributed by atoms with E-state index in [4.69, 9.17) is 4.74 Å². The molecule has 272 valence electrons. The molecule has 4 aromatic rings. The van der Waals surface area contributed by atoms with Gasteiger partial charge < -0.3 is 20.3 Å². The highest BCUT2D eigenvalue weighted by Gasteiger charge is 2.44. The summed E-state index contributed by atoms with van der Waals surface area (Å²) in [5.74, 6) is -0.497. The molecule has 52 heavy (non-hydrogen) atoms. The van der Waals surface area contributed by atoms with E-state index in [1.807, 2.05) is 31.2 Å². The number of fused-ring (bicyclic) bond motifs is 1. The Bertz CT molecular complexity index is 2020. The van der Waals surface area contributed by atoms with Crippen LogP contribution in [0.15, 0.2) is 78.3 Å². The molecular formula is C40H45F2N7O3. The molecule has 0 radical (unpaired) electrons. The normalized spacial score (nSPS) is 18.0. The van der Waals surface area contributed by atoms with Crippen LogP contribution in [0.3, 0.4) is 0 Å². The van der Waals surface area contributed by atoms with Gasteiger partial charge in [0.05, 0.1) is 23.2 Å². The number of aromatic amines is 1. The van der Waals surface area contributed by atoms with E-state index in [9.17, 15) is 14.0 Å². The lowest BCUT2D eigenvalue weighted by atomic mass is 9.81. The van der Waals surface area contributed by atoms with Crippen LogP contribution in [0.5, 0.6) is 0 Å². The Morgan fingerprint density at radius 1 is 1.08 bits per heavy atom. The summed E-state index contributed by atoms with van der Waals surface area (Å²) in [5.41, 5.74) is 4.13. The largest absolute Gasteiger partial charge is 0.426 e. The van der Waals surface area contributed by atoms with Gasteiger partial charge in [-0.05, 0) is 86.8 Å². The van der Waals surface area contributed by atoms with Gasteiger partial charge >= 0.3 is 0 Å². The summed E-state index contributed by atoms with van der Waals surface area (Å²) < 4.78 is 34.4. The number of hydrogen-bond acceptors (Lipinski definition) is 6. The number of amides is 2. The van der Waals surface area contributed by atoms with Crippen molar-refractivity contribution in [1.82, 2.24) is 25.3 Å². The summed E-state index contributed by atoms with van der Waals surface area (Å²) >= 11 is 0. The molecule has 2 aliphatic heterocycles. The van der Waals surface area contributed by atoms with Gasteiger partial charge in [-0.1, -0.05) is 38.1 Å². The first-order chi connectivity index (χ1) is 25.1. The molecule has 2 aliphatic rings. The first-order valence-corrected chi connectivity index (χ1v) is 17.8. The van der Waals surface area contributed by atoms with Crippen LogP contribution in [0.2, 0.25) is 0 Å². The fourth-order valence-corrected chi connectivity index (χ4v) is 7.13. The van der Waals surface area contributed by atoms with Gasteiger partial charge in [-0.3, -0.25) is 19.6 Å². The van der Waals surface area contributed by atoms with Crippen molar-refractivity contribution < 1.29 is 23.1 Å². The third-order valence-corrected chi connectivity index (χ3v) is 9.89. The zero-order chi connectivity index (χ0) is 36.8. The second-order valence-electron chi connectivity index (χ2n) is 13.4. The van der Waals surface area contributed by atoms with Gasteiger partial charge in [-0.2, -0.15) is 5.10 Å². The van der Waals surface area contributed by atoms with E-state index in [0.717, 1.165) is 28.5 Å². The van der Waals surface area contributed by atoms with E-state index in [-0.39, 0.29) is 35.8 Å². The van der Waals surface area contributed by atoms with Crippen molar-refractivity contribution in [3.05, 3.63) is 96.1 Å². The van der Waals surface area contributed by atoms with Gasteiger partial charge in [0, 0.05) is 61.0 Å². The highest BCUT2D eigenvalue weighted by Crippen LogP contribution is 2.37. The number of carbonyl (C=O) groups excluding carboxylic acids is 2. The van der Waals surface area contributed by atoms with E-state index >= 15 is 4.39 Å². The number of rotatable bonds is 11. The molecule has 3 heterocycles. The van der Waals surface area contributed by atoms with E-state index in [1.165, 1.54) is 18.2 Å². The maximum atomic E-state index is 15.3. The number of ether oxygens (including phenoxy) is 1. The molecule has 0 saturated carbocycles. The van der Waals surface area contributed by atoms with Crippen LogP contribution >= 0.6 is 0 Å². The zero-order valence-corrected chi connectivity index (χ0v) is 29.9. The minimum Gasteiger partial charge on any atom is -0.426 e.